The van der Waals surface area contributed by atoms with E-state index in [1.807, 2.05) is 26.2 Å². The number of ether oxygens (including phenoxy) is 2. The quantitative estimate of drug-likeness (QED) is 0.404. The van der Waals surface area contributed by atoms with Crippen molar-refractivity contribution in [2.75, 3.05) is 32.3 Å². The van der Waals surface area contributed by atoms with E-state index in [0.29, 0.717) is 41.1 Å². The zero-order valence-corrected chi connectivity index (χ0v) is 21.9. The molecule has 10 nitrogen and oxygen atoms in total. The molecule has 2 amide bonds. The van der Waals surface area contributed by atoms with Crippen LogP contribution in [-0.4, -0.2) is 66.4 Å². The summed E-state index contributed by atoms with van der Waals surface area (Å²) in [5, 5.41) is 6.10. The second-order valence-electron chi connectivity index (χ2n) is 8.65. The number of aromatic nitrogens is 2. The van der Waals surface area contributed by atoms with Crippen LogP contribution in [0.25, 0.3) is 22.1 Å². The first-order chi connectivity index (χ1) is 17.3. The average Bonchev–Trinajstić information content (AvgIpc) is 3.48. The Morgan fingerprint density at radius 2 is 2.06 bits per heavy atom. The van der Waals surface area contributed by atoms with Crippen LogP contribution in [0.4, 0.5) is 10.5 Å². The van der Waals surface area contributed by atoms with Crippen LogP contribution in [-0.2, 0) is 21.4 Å². The maximum absolute atomic E-state index is 13.5. The first-order valence-corrected chi connectivity index (χ1v) is 12.3. The summed E-state index contributed by atoms with van der Waals surface area (Å²) in [7, 11) is 4.67. The highest BCUT2D eigenvalue weighted by atomic mass is 35.5. The summed E-state index contributed by atoms with van der Waals surface area (Å²) in [4.78, 5) is 33.5. The van der Waals surface area contributed by atoms with Gasteiger partial charge in [0.1, 0.15) is 5.69 Å². The molecular weight excluding hydrogens is 488 g/mol. The minimum absolute atomic E-state index is 0.0193. The van der Waals surface area contributed by atoms with Crippen LogP contribution < -0.4 is 4.90 Å². The van der Waals surface area contributed by atoms with Gasteiger partial charge in [-0.25, -0.2) is 9.86 Å². The summed E-state index contributed by atoms with van der Waals surface area (Å²) in [5.41, 5.74) is 2.19. The smallest absolute Gasteiger partial charge is 0.414 e. The highest BCUT2D eigenvalue weighted by molar-refractivity contribution is 6.36. The van der Waals surface area contributed by atoms with Gasteiger partial charge in [0.15, 0.2) is 5.58 Å². The number of hydrogen-bond donors (Lipinski definition) is 0. The zero-order valence-electron chi connectivity index (χ0n) is 21.1. The van der Waals surface area contributed by atoms with Gasteiger partial charge in [0.2, 0.25) is 5.76 Å². The molecule has 11 heteroatoms. The van der Waals surface area contributed by atoms with Crippen LogP contribution in [0.1, 0.15) is 43.7 Å². The normalized spacial score (nSPS) is 17.8. The molecule has 1 aliphatic rings. The molecule has 0 unspecified atom stereocenters. The Balaban J connectivity index is 1.98. The molecule has 0 spiro atoms. The first kappa shape index (κ1) is 26.0. The molecule has 0 saturated carbocycles. The van der Waals surface area contributed by atoms with E-state index in [-0.39, 0.29) is 24.5 Å². The Morgan fingerprint density at radius 1 is 1.28 bits per heavy atom. The third kappa shape index (κ3) is 4.93. The number of hydroxylamine groups is 2. The van der Waals surface area contributed by atoms with Crippen molar-refractivity contribution < 1.29 is 28.3 Å². The van der Waals surface area contributed by atoms with Gasteiger partial charge in [-0.3, -0.25) is 19.2 Å². The maximum atomic E-state index is 13.5. The van der Waals surface area contributed by atoms with E-state index in [4.69, 9.17) is 30.3 Å². The van der Waals surface area contributed by atoms with Crippen LogP contribution >= 0.6 is 11.6 Å². The van der Waals surface area contributed by atoms with E-state index in [1.54, 1.807) is 23.9 Å². The number of benzene rings is 1. The molecule has 1 fully saturated rings. The average molecular weight is 519 g/mol. The number of fused-ring (bicyclic) bond motifs is 1. The molecule has 2 atom stereocenters. The molecule has 3 aromatic rings. The number of carbonyl (C=O) groups excluding carboxylic acids is 2. The first-order valence-electron chi connectivity index (χ1n) is 11.9. The minimum Gasteiger partial charge on any atom is -0.449 e. The number of amides is 2. The summed E-state index contributed by atoms with van der Waals surface area (Å²) in [6.07, 6.45) is 4.95. The number of hydrogen-bond acceptors (Lipinski definition) is 7. The predicted octanol–water partition coefficient (Wildman–Crippen LogP) is 5.04. The Bertz CT molecular complexity index is 1250. The predicted molar refractivity (Wildman–Crippen MR) is 135 cm³/mol. The van der Waals surface area contributed by atoms with Crippen molar-refractivity contribution in [2.45, 2.75) is 45.3 Å². The van der Waals surface area contributed by atoms with Crippen molar-refractivity contribution in [1.82, 2.24) is 14.8 Å². The molecule has 3 heterocycles. The molecule has 1 saturated heterocycles. The molecule has 1 aromatic carbocycles. The van der Waals surface area contributed by atoms with Gasteiger partial charge in [0.05, 0.1) is 31.0 Å². The van der Waals surface area contributed by atoms with Crippen molar-refractivity contribution in [1.29, 1.82) is 0 Å². The van der Waals surface area contributed by atoms with Gasteiger partial charge < -0.3 is 13.9 Å². The second kappa shape index (κ2) is 10.9. The number of aryl methyl sites for hydroxylation is 1. The number of nitrogens with zero attached hydrogens (tertiary/aromatic N) is 4. The Hall–Kier alpha value is -3.08. The van der Waals surface area contributed by atoms with Gasteiger partial charge in [-0.15, -0.1) is 0 Å². The van der Waals surface area contributed by atoms with Crippen molar-refractivity contribution in [2.24, 2.45) is 7.05 Å². The van der Waals surface area contributed by atoms with Crippen LogP contribution in [0.5, 0.6) is 0 Å². The Morgan fingerprint density at radius 3 is 2.69 bits per heavy atom. The number of rotatable bonds is 7. The second-order valence-corrected chi connectivity index (χ2v) is 9.06. The van der Waals surface area contributed by atoms with Crippen LogP contribution in [0.15, 0.2) is 28.9 Å². The summed E-state index contributed by atoms with van der Waals surface area (Å²) in [5.74, 6) is -0.622. The lowest BCUT2D eigenvalue weighted by Gasteiger charge is -2.36. The summed E-state index contributed by atoms with van der Waals surface area (Å²) in [6.45, 7) is 4.44. The van der Waals surface area contributed by atoms with Gasteiger partial charge in [-0.1, -0.05) is 18.5 Å². The third-order valence-electron chi connectivity index (χ3n) is 6.38. The number of halogens is 1. The van der Waals surface area contributed by atoms with Crippen LogP contribution in [0.3, 0.4) is 0 Å². The number of anilines is 1. The van der Waals surface area contributed by atoms with Crippen molar-refractivity contribution >= 4 is 40.3 Å². The Labute approximate surface area is 214 Å². The van der Waals surface area contributed by atoms with E-state index in [9.17, 15) is 9.59 Å². The highest BCUT2D eigenvalue weighted by Gasteiger charge is 2.38. The van der Waals surface area contributed by atoms with E-state index in [0.717, 1.165) is 22.6 Å². The van der Waals surface area contributed by atoms with Gasteiger partial charge in [0, 0.05) is 43.9 Å². The molecule has 0 radical (unpaired) electrons. The fraction of sp³-hybridized carbons (Fsp3) is 0.480. The van der Waals surface area contributed by atoms with Gasteiger partial charge in [-0.2, -0.15) is 5.10 Å². The van der Waals surface area contributed by atoms with Crippen molar-refractivity contribution in [3.05, 3.63) is 35.3 Å². The number of carbonyl (C=O) groups is 2. The molecule has 0 aliphatic carbocycles. The molecule has 2 aromatic heterocycles. The maximum Gasteiger partial charge on any atom is 0.414 e. The van der Waals surface area contributed by atoms with Gasteiger partial charge in [-0.05, 0) is 43.9 Å². The molecule has 0 N–H and O–H groups in total. The lowest BCUT2D eigenvalue weighted by atomic mass is 9.98. The monoisotopic (exact) mass is 518 g/mol. The zero-order chi connectivity index (χ0) is 26.0. The molecule has 0 bridgehead atoms. The summed E-state index contributed by atoms with van der Waals surface area (Å²) < 4.78 is 19.1. The molecule has 194 valence electrons. The van der Waals surface area contributed by atoms with Crippen LogP contribution in [0.2, 0.25) is 5.02 Å². The molecular formula is C25H31ClN4O6. The fourth-order valence-electron chi connectivity index (χ4n) is 4.49. The molecule has 36 heavy (non-hydrogen) atoms. The SMILES string of the molecule is CCOC(=O)N(c1c(C(=O)N(C)OC)oc2c(Cl)cc(-c3cnn(C)c3)cc12)[C@H]1CCO[C@@H](CC)C1. The molecule has 4 rings (SSSR count). The molecule has 1 aliphatic heterocycles. The third-order valence-corrected chi connectivity index (χ3v) is 6.66. The Kier molecular flexibility index (Phi) is 7.87. The largest absolute Gasteiger partial charge is 0.449 e. The van der Waals surface area contributed by atoms with Crippen molar-refractivity contribution in [3.8, 4) is 11.1 Å². The highest BCUT2D eigenvalue weighted by Crippen LogP contribution is 2.43. The lowest BCUT2D eigenvalue weighted by Crippen LogP contribution is -2.46. The van der Waals surface area contributed by atoms with Gasteiger partial charge >= 0.3 is 12.0 Å². The van der Waals surface area contributed by atoms with Crippen LogP contribution in [0, 0.1) is 0 Å². The van der Waals surface area contributed by atoms with E-state index in [1.165, 1.54) is 19.1 Å². The number of furan rings is 1. The van der Waals surface area contributed by atoms with E-state index < -0.39 is 12.0 Å². The summed E-state index contributed by atoms with van der Waals surface area (Å²) >= 11 is 6.67. The minimum atomic E-state index is -0.570. The fourth-order valence-corrected chi connectivity index (χ4v) is 4.75. The van der Waals surface area contributed by atoms with E-state index in [2.05, 4.69) is 5.10 Å². The topological polar surface area (TPSA) is 99.3 Å². The van der Waals surface area contributed by atoms with Crippen molar-refractivity contribution in [3.63, 3.8) is 0 Å². The van der Waals surface area contributed by atoms with Gasteiger partial charge in [0.25, 0.3) is 0 Å². The lowest BCUT2D eigenvalue weighted by molar-refractivity contribution is -0.0772. The summed E-state index contributed by atoms with van der Waals surface area (Å²) in [6, 6.07) is 3.33. The van der Waals surface area contributed by atoms with E-state index >= 15 is 0 Å². The standard InChI is InChI=1S/C25H31ClN4O6/c1-6-18-12-17(8-9-35-18)30(25(32)34-7-2)21-19-10-15(16-13-27-28(3)14-16)11-20(26)22(19)36-23(21)24(31)29(4)33-5/h10-11,13-14,17-18H,6-9,12H2,1-5H3/t17-,18-/m0/s1.